The average Bonchev–Trinajstić information content (AvgIpc) is 3.34. The van der Waals surface area contributed by atoms with Gasteiger partial charge in [-0.1, -0.05) is 18.2 Å². The number of para-hydroxylation sites is 1. The monoisotopic (exact) mass is 538 g/mol. The Bertz CT molecular complexity index is 908. The van der Waals surface area contributed by atoms with Crippen molar-refractivity contribution in [2.75, 3.05) is 32.7 Å². The molecule has 168 valence electrons. The Kier molecular flexibility index (Phi) is 7.45. The van der Waals surface area contributed by atoms with Gasteiger partial charge in [0.05, 0.1) is 24.5 Å². The van der Waals surface area contributed by atoms with E-state index < -0.39 is 5.60 Å². The first-order valence-corrected chi connectivity index (χ1v) is 10.5. The molecule has 0 radical (unpaired) electrons. The number of amides is 1. The van der Waals surface area contributed by atoms with E-state index in [4.69, 9.17) is 4.74 Å². The zero-order chi connectivity index (χ0) is 21.1. The van der Waals surface area contributed by atoms with Crippen molar-refractivity contribution in [2.45, 2.75) is 38.8 Å². The molecule has 0 bridgehead atoms. The van der Waals surface area contributed by atoms with E-state index in [1.807, 2.05) is 62.0 Å². The third kappa shape index (κ3) is 5.90. The Hall–Kier alpha value is -2.30. The van der Waals surface area contributed by atoms with Crippen LogP contribution in [0, 0.1) is 0 Å². The number of rotatable bonds is 4. The Morgan fingerprint density at radius 2 is 2.00 bits per heavy atom. The van der Waals surface area contributed by atoms with Crippen LogP contribution in [0.15, 0.2) is 47.7 Å². The van der Waals surface area contributed by atoms with Crippen LogP contribution in [0.2, 0.25) is 0 Å². The standard InChI is InChI=1S/C22H30N6O2.HI/c1-22(2,3)30-21(29)26-11-12-27-19(16-26)14-24-20(27)23-10-9-17-13-25-28(15-17)18-7-5-4-6-8-18;/h4-8,13,15,19H,9-12,14,16H2,1-3H3,(H,23,24);1H. The highest BCUT2D eigenvalue weighted by Gasteiger charge is 2.36. The summed E-state index contributed by atoms with van der Waals surface area (Å²) in [5.74, 6) is 0.930. The number of carbonyl (C=O) groups is 1. The number of benzene rings is 1. The first-order valence-electron chi connectivity index (χ1n) is 10.5. The van der Waals surface area contributed by atoms with Gasteiger partial charge in [0.25, 0.3) is 0 Å². The molecule has 1 unspecified atom stereocenters. The summed E-state index contributed by atoms with van der Waals surface area (Å²) < 4.78 is 7.41. The first kappa shape index (κ1) is 23.4. The maximum atomic E-state index is 12.3. The van der Waals surface area contributed by atoms with Gasteiger partial charge in [-0.3, -0.25) is 4.99 Å². The molecule has 1 N–H and O–H groups in total. The van der Waals surface area contributed by atoms with E-state index in [-0.39, 0.29) is 36.1 Å². The topological polar surface area (TPSA) is 75.0 Å². The number of hydrogen-bond acceptors (Lipinski definition) is 6. The van der Waals surface area contributed by atoms with Crippen molar-refractivity contribution in [1.29, 1.82) is 0 Å². The lowest BCUT2D eigenvalue weighted by Crippen LogP contribution is -2.57. The molecule has 2 aliphatic heterocycles. The zero-order valence-electron chi connectivity index (χ0n) is 18.3. The summed E-state index contributed by atoms with van der Waals surface area (Å²) in [6.07, 6.45) is 4.61. The highest BCUT2D eigenvalue weighted by molar-refractivity contribution is 14.0. The molecule has 1 atom stereocenters. The fraction of sp³-hybridized carbons (Fsp3) is 0.500. The van der Waals surface area contributed by atoms with Crippen LogP contribution >= 0.6 is 24.0 Å². The van der Waals surface area contributed by atoms with Crippen LogP contribution in [-0.4, -0.2) is 76.0 Å². The number of halogens is 1. The van der Waals surface area contributed by atoms with E-state index in [1.165, 1.54) is 5.56 Å². The van der Waals surface area contributed by atoms with E-state index in [0.29, 0.717) is 19.6 Å². The zero-order valence-corrected chi connectivity index (χ0v) is 20.7. The number of piperazine rings is 1. The van der Waals surface area contributed by atoms with E-state index in [0.717, 1.165) is 31.2 Å². The lowest BCUT2D eigenvalue weighted by atomic mass is 10.2. The van der Waals surface area contributed by atoms with Crippen molar-refractivity contribution < 1.29 is 9.53 Å². The van der Waals surface area contributed by atoms with Gasteiger partial charge in [0.1, 0.15) is 5.60 Å². The molecule has 1 aromatic heterocycles. The minimum absolute atomic E-state index is 0. The first-order chi connectivity index (χ1) is 14.4. The lowest BCUT2D eigenvalue weighted by molar-refractivity contribution is 0.0137. The molecule has 2 aromatic rings. The van der Waals surface area contributed by atoms with E-state index >= 15 is 0 Å². The molecule has 8 nitrogen and oxygen atoms in total. The van der Waals surface area contributed by atoms with Crippen molar-refractivity contribution in [3.63, 3.8) is 0 Å². The van der Waals surface area contributed by atoms with E-state index in [9.17, 15) is 4.79 Å². The highest BCUT2D eigenvalue weighted by Crippen LogP contribution is 2.18. The number of guanidine groups is 1. The molecule has 1 aromatic carbocycles. The minimum Gasteiger partial charge on any atom is -0.444 e. The smallest absolute Gasteiger partial charge is 0.410 e. The van der Waals surface area contributed by atoms with Gasteiger partial charge in [-0.25, -0.2) is 9.48 Å². The van der Waals surface area contributed by atoms with Crippen molar-refractivity contribution >= 4 is 36.0 Å². The van der Waals surface area contributed by atoms with Gasteiger partial charge >= 0.3 is 6.09 Å². The average molecular weight is 538 g/mol. The van der Waals surface area contributed by atoms with Gasteiger partial charge < -0.3 is 19.9 Å². The number of ether oxygens (including phenoxy) is 1. The second-order valence-electron chi connectivity index (χ2n) is 8.74. The normalized spacial score (nSPS) is 18.2. The molecule has 31 heavy (non-hydrogen) atoms. The summed E-state index contributed by atoms with van der Waals surface area (Å²) >= 11 is 0. The molecule has 1 fully saturated rings. The number of hydrogen-bond donors (Lipinski definition) is 1. The van der Waals surface area contributed by atoms with E-state index in [1.54, 1.807) is 4.90 Å². The summed E-state index contributed by atoms with van der Waals surface area (Å²) in [5, 5.41) is 7.92. The summed E-state index contributed by atoms with van der Waals surface area (Å²) in [5.41, 5.74) is 1.76. The predicted octanol–water partition coefficient (Wildman–Crippen LogP) is 2.91. The number of aromatic nitrogens is 2. The van der Waals surface area contributed by atoms with Gasteiger partial charge in [0.15, 0.2) is 5.96 Å². The van der Waals surface area contributed by atoms with Gasteiger partial charge in [-0.2, -0.15) is 5.10 Å². The summed E-state index contributed by atoms with van der Waals surface area (Å²) in [4.78, 5) is 21.1. The summed E-state index contributed by atoms with van der Waals surface area (Å²) in [6, 6.07) is 10.3. The molecule has 9 heteroatoms. The van der Waals surface area contributed by atoms with Crippen molar-refractivity contribution in [3.05, 3.63) is 48.3 Å². The van der Waals surface area contributed by atoms with Gasteiger partial charge in [0, 0.05) is 32.4 Å². The Balaban J connectivity index is 0.00000272. The second-order valence-corrected chi connectivity index (χ2v) is 8.74. The molecular formula is C22H31IN6O2. The van der Waals surface area contributed by atoms with Crippen LogP contribution in [0.5, 0.6) is 0 Å². The van der Waals surface area contributed by atoms with Gasteiger partial charge in [-0.15, -0.1) is 24.0 Å². The number of aliphatic imine (C=N–C) groups is 1. The Labute approximate surface area is 200 Å². The Morgan fingerprint density at radius 1 is 1.23 bits per heavy atom. The molecule has 3 heterocycles. The SMILES string of the molecule is CC(C)(C)OC(=O)N1CCN2C(NCCc3cnn(-c4ccccc4)c3)=NCC2C1.I. The Morgan fingerprint density at radius 3 is 2.74 bits per heavy atom. The third-order valence-electron chi connectivity index (χ3n) is 5.21. The molecule has 1 amide bonds. The number of fused-ring (bicyclic) bond motifs is 1. The quantitative estimate of drug-likeness (QED) is 0.607. The summed E-state index contributed by atoms with van der Waals surface area (Å²) in [7, 11) is 0. The van der Waals surface area contributed by atoms with E-state index in [2.05, 4.69) is 26.5 Å². The third-order valence-corrected chi connectivity index (χ3v) is 5.21. The molecule has 4 rings (SSSR count). The summed E-state index contributed by atoms with van der Waals surface area (Å²) in [6.45, 7) is 9.24. The minimum atomic E-state index is -0.471. The maximum absolute atomic E-state index is 12.3. The molecule has 2 aliphatic rings. The largest absolute Gasteiger partial charge is 0.444 e. The number of nitrogens with zero attached hydrogens (tertiary/aromatic N) is 5. The number of nitrogens with one attached hydrogen (secondary N) is 1. The second kappa shape index (κ2) is 9.88. The van der Waals surface area contributed by atoms with Crippen molar-refractivity contribution in [2.24, 2.45) is 4.99 Å². The van der Waals surface area contributed by atoms with Crippen LogP contribution in [0.3, 0.4) is 0 Å². The lowest BCUT2D eigenvalue weighted by Gasteiger charge is -2.39. The van der Waals surface area contributed by atoms with Crippen LogP contribution < -0.4 is 5.32 Å². The van der Waals surface area contributed by atoms with Crippen LogP contribution in [0.25, 0.3) is 5.69 Å². The van der Waals surface area contributed by atoms with Gasteiger partial charge in [-0.05, 0) is 44.9 Å². The number of carbonyl (C=O) groups excluding carboxylic acids is 1. The van der Waals surface area contributed by atoms with Crippen molar-refractivity contribution in [1.82, 2.24) is 24.9 Å². The fourth-order valence-corrected chi connectivity index (χ4v) is 3.75. The molecule has 0 saturated carbocycles. The molecule has 0 aliphatic carbocycles. The molecule has 0 spiro atoms. The molecule has 1 saturated heterocycles. The van der Waals surface area contributed by atoms with Crippen LogP contribution in [0.4, 0.5) is 4.79 Å². The highest BCUT2D eigenvalue weighted by atomic mass is 127. The predicted molar refractivity (Wildman–Crippen MR) is 131 cm³/mol. The molecular weight excluding hydrogens is 507 g/mol. The maximum Gasteiger partial charge on any atom is 0.410 e. The van der Waals surface area contributed by atoms with Crippen LogP contribution in [-0.2, 0) is 11.2 Å². The van der Waals surface area contributed by atoms with Crippen molar-refractivity contribution in [3.8, 4) is 5.69 Å². The van der Waals surface area contributed by atoms with Gasteiger partial charge in [0.2, 0.25) is 0 Å². The fourth-order valence-electron chi connectivity index (χ4n) is 3.75. The van der Waals surface area contributed by atoms with Crippen LogP contribution in [0.1, 0.15) is 26.3 Å².